The van der Waals surface area contributed by atoms with Crippen molar-refractivity contribution < 1.29 is 9.84 Å². The normalized spacial score (nSPS) is 28.2. The molecule has 2 atom stereocenters. The molecule has 1 aliphatic rings. The van der Waals surface area contributed by atoms with Gasteiger partial charge in [-0.2, -0.15) is 0 Å². The minimum atomic E-state index is -0.0109. The fourth-order valence-electron chi connectivity index (χ4n) is 2.48. The predicted octanol–water partition coefficient (Wildman–Crippen LogP) is 0.848. The quantitative estimate of drug-likeness (QED) is 0.697. The van der Waals surface area contributed by atoms with Gasteiger partial charge in [0.05, 0.1) is 12.2 Å². The lowest BCUT2D eigenvalue weighted by molar-refractivity contribution is -0.0533. The van der Waals surface area contributed by atoms with E-state index in [-0.39, 0.29) is 18.2 Å². The summed E-state index contributed by atoms with van der Waals surface area (Å²) < 4.78 is 5.58. The number of hydrogen-bond donors (Lipinski definition) is 2. The summed E-state index contributed by atoms with van der Waals surface area (Å²) in [6, 6.07) is 0.189. The second-order valence-electron chi connectivity index (χ2n) is 5.33. The van der Waals surface area contributed by atoms with E-state index in [4.69, 9.17) is 4.74 Å². The number of nitrogens with zero attached hydrogens (tertiary/aromatic N) is 1. The molecule has 1 heterocycles. The van der Waals surface area contributed by atoms with Crippen LogP contribution in [-0.4, -0.2) is 61.5 Å². The van der Waals surface area contributed by atoms with Crippen molar-refractivity contribution in [1.29, 1.82) is 0 Å². The monoisotopic (exact) mass is 244 g/mol. The standard InChI is InChI=1S/C13H28N2O2/c1-4-7-14-12(10-16)9-15-8-5-6-13(2,11-15)17-3/h12,14,16H,4-11H2,1-3H3. The summed E-state index contributed by atoms with van der Waals surface area (Å²) in [6.07, 6.45) is 3.41. The molecule has 0 bridgehead atoms. The molecule has 4 heteroatoms. The van der Waals surface area contributed by atoms with Crippen LogP contribution in [0.3, 0.4) is 0 Å². The third-order valence-corrected chi connectivity index (χ3v) is 3.61. The number of hydrogen-bond acceptors (Lipinski definition) is 4. The lowest BCUT2D eigenvalue weighted by Crippen LogP contribution is -2.52. The minimum absolute atomic E-state index is 0.0109. The summed E-state index contributed by atoms with van der Waals surface area (Å²) in [5.41, 5.74) is -0.0109. The number of rotatable bonds is 7. The average molecular weight is 244 g/mol. The molecule has 0 amide bonds. The van der Waals surface area contributed by atoms with Gasteiger partial charge in [0.2, 0.25) is 0 Å². The van der Waals surface area contributed by atoms with Gasteiger partial charge in [-0.1, -0.05) is 6.92 Å². The number of aliphatic hydroxyl groups is 1. The third-order valence-electron chi connectivity index (χ3n) is 3.61. The lowest BCUT2D eigenvalue weighted by atomic mass is 9.94. The van der Waals surface area contributed by atoms with Crippen LogP contribution < -0.4 is 5.32 Å². The number of likely N-dealkylation sites (tertiary alicyclic amines) is 1. The predicted molar refractivity (Wildman–Crippen MR) is 70.3 cm³/mol. The highest BCUT2D eigenvalue weighted by Gasteiger charge is 2.31. The first-order valence-corrected chi connectivity index (χ1v) is 6.75. The van der Waals surface area contributed by atoms with E-state index in [1.165, 1.54) is 6.42 Å². The zero-order valence-electron chi connectivity index (χ0n) is 11.5. The average Bonchev–Trinajstić information content (AvgIpc) is 2.34. The Morgan fingerprint density at radius 1 is 1.53 bits per heavy atom. The number of aliphatic hydroxyl groups excluding tert-OH is 1. The maximum Gasteiger partial charge on any atom is 0.0777 e. The van der Waals surface area contributed by atoms with Crippen molar-refractivity contribution in [3.63, 3.8) is 0 Å². The molecule has 0 aromatic carbocycles. The summed E-state index contributed by atoms with van der Waals surface area (Å²) in [5, 5.41) is 12.7. The molecule has 102 valence electrons. The Hall–Kier alpha value is -0.160. The molecule has 2 N–H and O–H groups in total. The van der Waals surface area contributed by atoms with Gasteiger partial charge in [-0.15, -0.1) is 0 Å². The van der Waals surface area contributed by atoms with Gasteiger partial charge in [0.15, 0.2) is 0 Å². The van der Waals surface area contributed by atoms with E-state index < -0.39 is 0 Å². The van der Waals surface area contributed by atoms with Crippen LogP contribution >= 0.6 is 0 Å². The van der Waals surface area contributed by atoms with Crippen LogP contribution in [0.1, 0.15) is 33.1 Å². The second kappa shape index (κ2) is 7.31. The molecule has 0 saturated carbocycles. The van der Waals surface area contributed by atoms with E-state index in [2.05, 4.69) is 24.1 Å². The lowest BCUT2D eigenvalue weighted by Gasteiger charge is -2.40. The smallest absolute Gasteiger partial charge is 0.0777 e. The van der Waals surface area contributed by atoms with Crippen LogP contribution in [0.2, 0.25) is 0 Å². The van der Waals surface area contributed by atoms with Gasteiger partial charge >= 0.3 is 0 Å². The van der Waals surface area contributed by atoms with E-state index in [0.717, 1.165) is 39.0 Å². The SMILES string of the molecule is CCCNC(CO)CN1CCCC(C)(OC)C1. The molecule has 0 radical (unpaired) electrons. The Morgan fingerprint density at radius 3 is 2.88 bits per heavy atom. The number of methoxy groups -OCH3 is 1. The van der Waals surface area contributed by atoms with Crippen molar-refractivity contribution in [3.8, 4) is 0 Å². The van der Waals surface area contributed by atoms with Crippen molar-refractivity contribution in [2.75, 3.05) is 39.9 Å². The summed E-state index contributed by atoms with van der Waals surface area (Å²) in [6.45, 7) is 8.49. The van der Waals surface area contributed by atoms with Gasteiger partial charge in [0.25, 0.3) is 0 Å². The highest BCUT2D eigenvalue weighted by molar-refractivity contribution is 4.86. The molecule has 1 fully saturated rings. The molecular weight excluding hydrogens is 216 g/mol. The first kappa shape index (κ1) is 14.9. The summed E-state index contributed by atoms with van der Waals surface area (Å²) in [5.74, 6) is 0. The summed E-state index contributed by atoms with van der Waals surface area (Å²) in [7, 11) is 1.79. The first-order chi connectivity index (χ1) is 8.13. The van der Waals surface area contributed by atoms with Crippen molar-refractivity contribution in [2.45, 2.75) is 44.8 Å². The van der Waals surface area contributed by atoms with Crippen molar-refractivity contribution in [1.82, 2.24) is 10.2 Å². The topological polar surface area (TPSA) is 44.7 Å². The summed E-state index contributed by atoms with van der Waals surface area (Å²) >= 11 is 0. The largest absolute Gasteiger partial charge is 0.395 e. The minimum Gasteiger partial charge on any atom is -0.395 e. The van der Waals surface area contributed by atoms with Gasteiger partial charge in [-0.25, -0.2) is 0 Å². The van der Waals surface area contributed by atoms with Crippen LogP contribution in [0.4, 0.5) is 0 Å². The molecule has 1 saturated heterocycles. The fraction of sp³-hybridized carbons (Fsp3) is 1.00. The van der Waals surface area contributed by atoms with Gasteiger partial charge in [-0.05, 0) is 39.3 Å². The maximum absolute atomic E-state index is 9.35. The Morgan fingerprint density at radius 2 is 2.29 bits per heavy atom. The first-order valence-electron chi connectivity index (χ1n) is 6.75. The molecule has 0 spiro atoms. The van der Waals surface area contributed by atoms with Crippen molar-refractivity contribution >= 4 is 0 Å². The van der Waals surface area contributed by atoms with E-state index in [1.807, 2.05) is 0 Å². The van der Waals surface area contributed by atoms with Crippen LogP contribution in [0.15, 0.2) is 0 Å². The molecule has 0 aromatic heterocycles. The third kappa shape index (κ3) is 4.92. The Kier molecular flexibility index (Phi) is 6.41. The molecule has 0 aromatic rings. The Balaban J connectivity index is 2.38. The molecule has 1 rings (SSSR count). The number of ether oxygens (including phenoxy) is 1. The maximum atomic E-state index is 9.35. The Bertz CT molecular complexity index is 214. The van der Waals surface area contributed by atoms with Crippen LogP contribution in [0.5, 0.6) is 0 Å². The number of piperidine rings is 1. The van der Waals surface area contributed by atoms with Crippen LogP contribution in [-0.2, 0) is 4.74 Å². The van der Waals surface area contributed by atoms with Crippen molar-refractivity contribution in [3.05, 3.63) is 0 Å². The zero-order valence-corrected chi connectivity index (χ0v) is 11.5. The second-order valence-corrected chi connectivity index (χ2v) is 5.33. The van der Waals surface area contributed by atoms with Gasteiger partial charge in [0.1, 0.15) is 0 Å². The van der Waals surface area contributed by atoms with E-state index >= 15 is 0 Å². The highest BCUT2D eigenvalue weighted by atomic mass is 16.5. The molecule has 2 unspecified atom stereocenters. The van der Waals surface area contributed by atoms with E-state index in [9.17, 15) is 5.11 Å². The van der Waals surface area contributed by atoms with Gasteiger partial charge < -0.3 is 15.2 Å². The highest BCUT2D eigenvalue weighted by Crippen LogP contribution is 2.23. The zero-order chi connectivity index (χ0) is 12.7. The molecular formula is C13H28N2O2. The van der Waals surface area contributed by atoms with Crippen LogP contribution in [0.25, 0.3) is 0 Å². The summed E-state index contributed by atoms with van der Waals surface area (Å²) in [4.78, 5) is 2.40. The molecule has 4 nitrogen and oxygen atoms in total. The van der Waals surface area contributed by atoms with Gasteiger partial charge in [-0.3, -0.25) is 4.90 Å². The van der Waals surface area contributed by atoms with E-state index in [0.29, 0.717) is 0 Å². The molecule has 1 aliphatic heterocycles. The number of nitrogens with one attached hydrogen (secondary N) is 1. The van der Waals surface area contributed by atoms with Crippen molar-refractivity contribution in [2.24, 2.45) is 0 Å². The van der Waals surface area contributed by atoms with Gasteiger partial charge in [0, 0.05) is 26.2 Å². The fourth-order valence-corrected chi connectivity index (χ4v) is 2.48. The van der Waals surface area contributed by atoms with Crippen LogP contribution in [0, 0.1) is 0 Å². The molecule has 0 aliphatic carbocycles. The molecule has 17 heavy (non-hydrogen) atoms. The van der Waals surface area contributed by atoms with E-state index in [1.54, 1.807) is 7.11 Å². The Labute approximate surface area is 105 Å².